The number of carboxylic acid groups (broad SMARTS) is 1. The Hall–Kier alpha value is -2.87. The number of carboxylic acids is 1. The summed E-state index contributed by atoms with van der Waals surface area (Å²) in [5, 5.41) is 8.82. The standard InChI is InChI=1S/C20H18O2/c1-16-6-5-9-19(14-16)15-18(12-13-20(21)22)11-10-17-7-3-2-4-8-17/h2-15H,1H3,(H,21,22). The minimum Gasteiger partial charge on any atom is -0.478 e. The Morgan fingerprint density at radius 1 is 0.909 bits per heavy atom. The summed E-state index contributed by atoms with van der Waals surface area (Å²) in [7, 11) is 0. The number of rotatable bonds is 5. The molecule has 0 radical (unpaired) electrons. The molecule has 0 aliphatic heterocycles. The van der Waals surface area contributed by atoms with Crippen molar-refractivity contribution in [3.63, 3.8) is 0 Å². The van der Waals surface area contributed by atoms with Crippen molar-refractivity contribution in [2.75, 3.05) is 0 Å². The Bertz CT molecular complexity index is 722. The van der Waals surface area contributed by atoms with E-state index in [4.69, 9.17) is 5.11 Å². The van der Waals surface area contributed by atoms with E-state index in [9.17, 15) is 4.79 Å². The van der Waals surface area contributed by atoms with Crippen LogP contribution in [0.5, 0.6) is 0 Å². The van der Waals surface area contributed by atoms with Crippen molar-refractivity contribution in [1.82, 2.24) is 0 Å². The average Bonchev–Trinajstić information content (AvgIpc) is 2.51. The summed E-state index contributed by atoms with van der Waals surface area (Å²) in [5.41, 5.74) is 4.11. The molecule has 2 nitrogen and oxygen atoms in total. The molecule has 0 heterocycles. The quantitative estimate of drug-likeness (QED) is 0.638. The van der Waals surface area contributed by atoms with Gasteiger partial charge in [-0.05, 0) is 35.8 Å². The Kier molecular flexibility index (Phi) is 5.50. The monoisotopic (exact) mass is 290 g/mol. The summed E-state index contributed by atoms with van der Waals surface area (Å²) < 4.78 is 0. The van der Waals surface area contributed by atoms with Gasteiger partial charge in [0.2, 0.25) is 0 Å². The molecule has 0 bridgehead atoms. The van der Waals surface area contributed by atoms with E-state index in [1.165, 1.54) is 5.56 Å². The van der Waals surface area contributed by atoms with Gasteiger partial charge in [0.05, 0.1) is 0 Å². The highest BCUT2D eigenvalue weighted by atomic mass is 16.4. The fourth-order valence-corrected chi connectivity index (χ4v) is 2.03. The second kappa shape index (κ2) is 7.79. The molecule has 0 aromatic heterocycles. The Balaban J connectivity index is 2.30. The molecule has 110 valence electrons. The fraction of sp³-hybridized carbons (Fsp3) is 0.0500. The van der Waals surface area contributed by atoms with Crippen LogP contribution in [0.4, 0.5) is 0 Å². The van der Waals surface area contributed by atoms with E-state index in [2.05, 4.69) is 6.07 Å². The third-order valence-electron chi connectivity index (χ3n) is 3.06. The molecule has 2 rings (SSSR count). The molecular formula is C20H18O2. The Morgan fingerprint density at radius 2 is 1.64 bits per heavy atom. The third kappa shape index (κ3) is 5.25. The van der Waals surface area contributed by atoms with Crippen molar-refractivity contribution in [3.8, 4) is 0 Å². The molecule has 2 aromatic carbocycles. The molecule has 0 unspecified atom stereocenters. The lowest BCUT2D eigenvalue weighted by atomic mass is 10.1. The van der Waals surface area contributed by atoms with Crippen LogP contribution in [0.2, 0.25) is 0 Å². The van der Waals surface area contributed by atoms with Gasteiger partial charge < -0.3 is 5.11 Å². The summed E-state index contributed by atoms with van der Waals surface area (Å²) in [4.78, 5) is 10.7. The second-order valence-corrected chi connectivity index (χ2v) is 4.97. The van der Waals surface area contributed by atoms with Gasteiger partial charge in [-0.25, -0.2) is 4.79 Å². The normalized spacial score (nSPS) is 12.1. The summed E-state index contributed by atoms with van der Waals surface area (Å²) in [6.45, 7) is 2.03. The van der Waals surface area contributed by atoms with Crippen LogP contribution in [0.25, 0.3) is 12.2 Å². The third-order valence-corrected chi connectivity index (χ3v) is 3.06. The van der Waals surface area contributed by atoms with Gasteiger partial charge in [0.15, 0.2) is 0 Å². The van der Waals surface area contributed by atoms with Crippen LogP contribution >= 0.6 is 0 Å². The van der Waals surface area contributed by atoms with E-state index in [1.54, 1.807) is 6.08 Å². The number of hydrogen-bond acceptors (Lipinski definition) is 1. The van der Waals surface area contributed by atoms with Gasteiger partial charge in [0, 0.05) is 6.08 Å². The summed E-state index contributed by atoms with van der Waals surface area (Å²) in [6, 6.07) is 18.0. The molecule has 1 N–H and O–H groups in total. The smallest absolute Gasteiger partial charge is 0.328 e. The van der Waals surface area contributed by atoms with Gasteiger partial charge in [0.1, 0.15) is 0 Å². The lowest BCUT2D eigenvalue weighted by Gasteiger charge is -1.99. The summed E-state index contributed by atoms with van der Waals surface area (Å²) in [6.07, 6.45) is 8.60. The van der Waals surface area contributed by atoms with Crippen LogP contribution in [0.3, 0.4) is 0 Å². The fourth-order valence-electron chi connectivity index (χ4n) is 2.03. The van der Waals surface area contributed by atoms with Crippen molar-refractivity contribution in [2.45, 2.75) is 6.92 Å². The number of allylic oxidation sites excluding steroid dienone is 3. The second-order valence-electron chi connectivity index (χ2n) is 4.97. The van der Waals surface area contributed by atoms with Crippen LogP contribution in [0.1, 0.15) is 16.7 Å². The number of benzene rings is 2. The van der Waals surface area contributed by atoms with E-state index < -0.39 is 5.97 Å². The van der Waals surface area contributed by atoms with Crippen molar-refractivity contribution < 1.29 is 9.90 Å². The number of carbonyl (C=O) groups is 1. The highest BCUT2D eigenvalue weighted by Gasteiger charge is 1.94. The molecule has 0 atom stereocenters. The van der Waals surface area contributed by atoms with Gasteiger partial charge in [-0.3, -0.25) is 0 Å². The first-order valence-electron chi connectivity index (χ1n) is 7.06. The predicted octanol–water partition coefficient (Wildman–Crippen LogP) is 4.73. The van der Waals surface area contributed by atoms with Gasteiger partial charge in [-0.1, -0.05) is 72.3 Å². The first-order valence-corrected chi connectivity index (χ1v) is 7.06. The molecule has 0 saturated heterocycles. The van der Waals surface area contributed by atoms with Crippen LogP contribution in [-0.4, -0.2) is 11.1 Å². The van der Waals surface area contributed by atoms with Crippen molar-refractivity contribution >= 4 is 18.1 Å². The zero-order valence-corrected chi connectivity index (χ0v) is 12.4. The lowest BCUT2D eigenvalue weighted by molar-refractivity contribution is -0.131. The molecule has 0 fully saturated rings. The molecule has 0 saturated carbocycles. The summed E-state index contributed by atoms with van der Waals surface area (Å²) >= 11 is 0. The van der Waals surface area contributed by atoms with Crippen molar-refractivity contribution in [3.05, 3.63) is 95.1 Å². The number of aryl methyl sites for hydroxylation is 1. The molecule has 0 amide bonds. The van der Waals surface area contributed by atoms with Gasteiger partial charge in [0.25, 0.3) is 0 Å². The van der Waals surface area contributed by atoms with E-state index in [-0.39, 0.29) is 0 Å². The SMILES string of the molecule is Cc1cccc(C=C(C=CC(=O)O)C=Cc2ccccc2)c1. The number of hydrogen-bond donors (Lipinski definition) is 1. The maximum Gasteiger partial charge on any atom is 0.328 e. The highest BCUT2D eigenvalue weighted by molar-refractivity contribution is 5.81. The van der Waals surface area contributed by atoms with Gasteiger partial charge in [-0.15, -0.1) is 0 Å². The highest BCUT2D eigenvalue weighted by Crippen LogP contribution is 2.13. The average molecular weight is 290 g/mol. The molecule has 0 aliphatic rings. The minimum absolute atomic E-state index is 0.830. The van der Waals surface area contributed by atoms with Crippen LogP contribution < -0.4 is 0 Å². The molecule has 0 aliphatic carbocycles. The largest absolute Gasteiger partial charge is 0.478 e. The zero-order valence-electron chi connectivity index (χ0n) is 12.4. The van der Waals surface area contributed by atoms with E-state index in [0.717, 1.165) is 22.8 Å². The van der Waals surface area contributed by atoms with Crippen LogP contribution in [0.15, 0.2) is 78.4 Å². The molecule has 22 heavy (non-hydrogen) atoms. The van der Waals surface area contributed by atoms with Crippen molar-refractivity contribution in [1.29, 1.82) is 0 Å². The zero-order chi connectivity index (χ0) is 15.8. The number of aliphatic carboxylic acids is 1. The maximum atomic E-state index is 10.7. The first kappa shape index (κ1) is 15.5. The van der Waals surface area contributed by atoms with Crippen LogP contribution in [0, 0.1) is 6.92 Å². The van der Waals surface area contributed by atoms with E-state index >= 15 is 0 Å². The molecule has 2 aromatic rings. The van der Waals surface area contributed by atoms with E-state index in [0.29, 0.717) is 0 Å². The summed E-state index contributed by atoms with van der Waals surface area (Å²) in [5.74, 6) is -0.955. The Labute approximate surface area is 130 Å². The minimum atomic E-state index is -0.955. The molecule has 2 heteroatoms. The van der Waals surface area contributed by atoms with E-state index in [1.807, 2.05) is 73.7 Å². The Morgan fingerprint density at radius 3 is 2.32 bits per heavy atom. The lowest BCUT2D eigenvalue weighted by Crippen LogP contribution is -1.86. The maximum absolute atomic E-state index is 10.7. The predicted molar refractivity (Wildman–Crippen MR) is 91.4 cm³/mol. The molecule has 0 spiro atoms. The van der Waals surface area contributed by atoms with Gasteiger partial charge >= 0.3 is 5.97 Å². The topological polar surface area (TPSA) is 37.3 Å². The first-order chi connectivity index (χ1) is 10.6. The molecular weight excluding hydrogens is 272 g/mol. The van der Waals surface area contributed by atoms with Crippen molar-refractivity contribution in [2.24, 2.45) is 0 Å². The van der Waals surface area contributed by atoms with Gasteiger partial charge in [-0.2, -0.15) is 0 Å². The van der Waals surface area contributed by atoms with Crippen LogP contribution in [-0.2, 0) is 4.79 Å².